The Labute approximate surface area is 127 Å². The van der Waals surface area contributed by atoms with E-state index in [2.05, 4.69) is 15.5 Å². The number of rotatable bonds is 4. The molecule has 0 fully saturated rings. The summed E-state index contributed by atoms with van der Waals surface area (Å²) in [6.45, 7) is 0. The van der Waals surface area contributed by atoms with Gasteiger partial charge in [0, 0.05) is 30.4 Å². The monoisotopic (exact) mass is 290 g/mol. The van der Waals surface area contributed by atoms with E-state index in [-0.39, 0.29) is 5.91 Å². The van der Waals surface area contributed by atoms with Crippen molar-refractivity contribution in [1.82, 2.24) is 15.0 Å². The molecule has 0 aliphatic carbocycles. The van der Waals surface area contributed by atoms with Gasteiger partial charge >= 0.3 is 0 Å². The van der Waals surface area contributed by atoms with Crippen LogP contribution in [0, 0.1) is 0 Å². The van der Waals surface area contributed by atoms with E-state index in [1.165, 1.54) is 0 Å². The molecule has 0 saturated carbocycles. The first-order chi connectivity index (χ1) is 10.8. The van der Waals surface area contributed by atoms with Crippen LogP contribution in [0.1, 0.15) is 15.9 Å². The third-order valence-electron chi connectivity index (χ3n) is 3.10. The van der Waals surface area contributed by atoms with E-state index in [0.717, 1.165) is 11.3 Å². The Hall–Kier alpha value is -3.21. The lowest BCUT2D eigenvalue weighted by atomic mass is 10.1. The molecule has 2 aromatic heterocycles. The Morgan fingerprint density at radius 3 is 2.68 bits per heavy atom. The molecule has 1 N–H and O–H groups in total. The molecular formula is C17H14N4O. The fraction of sp³-hybridized carbons (Fsp3) is 0. The highest BCUT2D eigenvalue weighted by molar-refractivity contribution is 5.98. The van der Waals surface area contributed by atoms with Crippen molar-refractivity contribution in [1.29, 1.82) is 0 Å². The van der Waals surface area contributed by atoms with Crippen LogP contribution in [-0.4, -0.2) is 21.7 Å². The minimum atomic E-state index is -0.260. The Balaban J connectivity index is 1.77. The van der Waals surface area contributed by atoms with Crippen molar-refractivity contribution in [2.75, 3.05) is 0 Å². The van der Waals surface area contributed by atoms with Crippen LogP contribution in [0.3, 0.4) is 0 Å². The standard InChI is InChI=1S/C17H14N4O/c22-17(20-19-13-14-6-5-9-18-12-14)15-7-1-2-8-16(15)21-10-3-4-11-21/h1-13H,(H,20,22)/b19-13-. The van der Waals surface area contributed by atoms with Gasteiger partial charge in [-0.2, -0.15) is 5.10 Å². The van der Waals surface area contributed by atoms with Crippen molar-refractivity contribution in [3.05, 3.63) is 84.4 Å². The molecular weight excluding hydrogens is 276 g/mol. The molecule has 1 aromatic carbocycles. The largest absolute Gasteiger partial charge is 0.323 e. The van der Waals surface area contributed by atoms with Gasteiger partial charge in [0.1, 0.15) is 0 Å². The van der Waals surface area contributed by atoms with Gasteiger partial charge in [0.15, 0.2) is 0 Å². The lowest BCUT2D eigenvalue weighted by molar-refractivity contribution is 0.0955. The number of pyridine rings is 1. The number of carbonyl (C=O) groups is 1. The van der Waals surface area contributed by atoms with Crippen molar-refractivity contribution in [3.63, 3.8) is 0 Å². The molecule has 108 valence electrons. The molecule has 5 heteroatoms. The summed E-state index contributed by atoms with van der Waals surface area (Å²) in [5.41, 5.74) is 4.72. The molecule has 0 bridgehead atoms. The van der Waals surface area contributed by atoms with Gasteiger partial charge in [-0.3, -0.25) is 9.78 Å². The molecule has 0 saturated heterocycles. The van der Waals surface area contributed by atoms with Gasteiger partial charge in [0.2, 0.25) is 0 Å². The molecule has 1 amide bonds. The van der Waals surface area contributed by atoms with E-state index < -0.39 is 0 Å². The number of nitrogens with zero attached hydrogens (tertiary/aromatic N) is 3. The molecule has 2 heterocycles. The molecule has 0 radical (unpaired) electrons. The summed E-state index contributed by atoms with van der Waals surface area (Å²) in [6.07, 6.45) is 8.70. The van der Waals surface area contributed by atoms with E-state index in [1.54, 1.807) is 24.7 Å². The summed E-state index contributed by atoms with van der Waals surface area (Å²) in [7, 11) is 0. The van der Waals surface area contributed by atoms with Gasteiger partial charge in [-0.25, -0.2) is 5.43 Å². The minimum Gasteiger partial charge on any atom is -0.323 e. The molecule has 22 heavy (non-hydrogen) atoms. The van der Waals surface area contributed by atoms with E-state index in [1.807, 2.05) is 59.4 Å². The van der Waals surface area contributed by atoms with Crippen molar-refractivity contribution >= 4 is 12.1 Å². The summed E-state index contributed by atoms with van der Waals surface area (Å²) in [6, 6.07) is 14.9. The predicted octanol–water partition coefficient (Wildman–Crippen LogP) is 2.64. The summed E-state index contributed by atoms with van der Waals surface area (Å²) in [5.74, 6) is -0.260. The lowest BCUT2D eigenvalue weighted by Crippen LogP contribution is -2.19. The number of hydrazone groups is 1. The summed E-state index contributed by atoms with van der Waals surface area (Å²) in [4.78, 5) is 16.3. The maximum Gasteiger partial charge on any atom is 0.273 e. The van der Waals surface area contributed by atoms with Crippen LogP contribution in [0.15, 0.2) is 78.4 Å². The van der Waals surface area contributed by atoms with Gasteiger partial charge in [-0.15, -0.1) is 0 Å². The number of hydrogen-bond acceptors (Lipinski definition) is 3. The Morgan fingerprint density at radius 1 is 1.09 bits per heavy atom. The quantitative estimate of drug-likeness (QED) is 0.593. The lowest BCUT2D eigenvalue weighted by Gasteiger charge is -2.08. The molecule has 3 aromatic rings. The maximum absolute atomic E-state index is 12.3. The maximum atomic E-state index is 12.3. The van der Waals surface area contributed by atoms with Crippen molar-refractivity contribution in [3.8, 4) is 5.69 Å². The van der Waals surface area contributed by atoms with Gasteiger partial charge in [0.05, 0.1) is 17.5 Å². The predicted molar refractivity (Wildman–Crippen MR) is 85.1 cm³/mol. The first-order valence-corrected chi connectivity index (χ1v) is 6.80. The summed E-state index contributed by atoms with van der Waals surface area (Å²) in [5, 5.41) is 3.97. The second-order valence-electron chi connectivity index (χ2n) is 4.59. The molecule has 0 unspecified atom stereocenters. The highest BCUT2D eigenvalue weighted by atomic mass is 16.2. The Bertz CT molecular complexity index is 779. The second-order valence-corrected chi connectivity index (χ2v) is 4.59. The van der Waals surface area contributed by atoms with Crippen LogP contribution in [0.25, 0.3) is 5.69 Å². The average Bonchev–Trinajstić information content (AvgIpc) is 3.10. The molecule has 0 aliphatic heterocycles. The number of nitrogens with one attached hydrogen (secondary N) is 1. The zero-order valence-corrected chi connectivity index (χ0v) is 11.8. The Morgan fingerprint density at radius 2 is 1.91 bits per heavy atom. The minimum absolute atomic E-state index is 0.260. The van der Waals surface area contributed by atoms with Crippen molar-refractivity contribution in [2.45, 2.75) is 0 Å². The number of benzene rings is 1. The number of amides is 1. The molecule has 5 nitrogen and oxygen atoms in total. The molecule has 3 rings (SSSR count). The van der Waals surface area contributed by atoms with Crippen LogP contribution >= 0.6 is 0 Å². The normalized spacial score (nSPS) is 10.7. The van der Waals surface area contributed by atoms with E-state index in [4.69, 9.17) is 0 Å². The number of para-hydroxylation sites is 1. The zero-order chi connectivity index (χ0) is 15.2. The smallest absolute Gasteiger partial charge is 0.273 e. The van der Waals surface area contributed by atoms with Crippen LogP contribution in [0.5, 0.6) is 0 Å². The summed E-state index contributed by atoms with van der Waals surface area (Å²) >= 11 is 0. The highest BCUT2D eigenvalue weighted by Gasteiger charge is 2.10. The Kier molecular flexibility index (Phi) is 4.06. The average molecular weight is 290 g/mol. The fourth-order valence-corrected chi connectivity index (χ4v) is 2.06. The van der Waals surface area contributed by atoms with Gasteiger partial charge in [-0.1, -0.05) is 18.2 Å². The van der Waals surface area contributed by atoms with Crippen molar-refractivity contribution < 1.29 is 4.79 Å². The van der Waals surface area contributed by atoms with E-state index in [9.17, 15) is 4.79 Å². The highest BCUT2D eigenvalue weighted by Crippen LogP contribution is 2.14. The SMILES string of the molecule is O=C(N/N=C\c1cccnc1)c1ccccc1-n1cccc1. The third-order valence-corrected chi connectivity index (χ3v) is 3.10. The van der Waals surface area contributed by atoms with Crippen LogP contribution in [0.2, 0.25) is 0 Å². The van der Waals surface area contributed by atoms with E-state index in [0.29, 0.717) is 5.56 Å². The first-order valence-electron chi connectivity index (χ1n) is 6.80. The molecule has 0 aliphatic rings. The fourth-order valence-electron chi connectivity index (χ4n) is 2.06. The van der Waals surface area contributed by atoms with Gasteiger partial charge in [-0.05, 0) is 30.3 Å². The zero-order valence-electron chi connectivity index (χ0n) is 11.8. The third kappa shape index (κ3) is 3.09. The number of aromatic nitrogens is 2. The van der Waals surface area contributed by atoms with Gasteiger partial charge in [0.25, 0.3) is 5.91 Å². The molecule has 0 spiro atoms. The molecule has 0 atom stereocenters. The first kappa shape index (κ1) is 13.8. The van der Waals surface area contributed by atoms with Crippen LogP contribution < -0.4 is 5.43 Å². The topological polar surface area (TPSA) is 59.3 Å². The van der Waals surface area contributed by atoms with E-state index >= 15 is 0 Å². The van der Waals surface area contributed by atoms with Crippen LogP contribution in [-0.2, 0) is 0 Å². The van der Waals surface area contributed by atoms with Crippen LogP contribution in [0.4, 0.5) is 0 Å². The number of hydrogen-bond donors (Lipinski definition) is 1. The van der Waals surface area contributed by atoms with Gasteiger partial charge < -0.3 is 4.57 Å². The second kappa shape index (κ2) is 6.49. The summed E-state index contributed by atoms with van der Waals surface area (Å²) < 4.78 is 1.89. The number of carbonyl (C=O) groups excluding carboxylic acids is 1. The van der Waals surface area contributed by atoms with Crippen molar-refractivity contribution in [2.24, 2.45) is 5.10 Å².